The Morgan fingerprint density at radius 2 is 1.74 bits per heavy atom. The SMILES string of the molecule is Cc1cc(SCC(=O)N(N=Cc2ccccc2)c2cccc(C(F)(F)F)c2)nc2ccccc12. The van der Waals surface area contributed by atoms with E-state index in [0.29, 0.717) is 10.6 Å². The number of anilines is 1. The zero-order valence-corrected chi connectivity index (χ0v) is 19.0. The molecule has 0 radical (unpaired) electrons. The number of aromatic nitrogens is 1. The van der Waals surface area contributed by atoms with Gasteiger partial charge in [-0.25, -0.2) is 9.99 Å². The maximum Gasteiger partial charge on any atom is 0.416 e. The number of hydrazone groups is 1. The molecular formula is C26H20F3N3OS. The summed E-state index contributed by atoms with van der Waals surface area (Å²) in [5.41, 5.74) is 1.74. The number of hydrogen-bond acceptors (Lipinski definition) is 4. The van der Waals surface area contributed by atoms with Crippen LogP contribution in [0.3, 0.4) is 0 Å². The summed E-state index contributed by atoms with van der Waals surface area (Å²) in [5.74, 6) is -0.517. The van der Waals surface area contributed by atoms with Crippen LogP contribution < -0.4 is 5.01 Å². The van der Waals surface area contributed by atoms with Gasteiger partial charge in [-0.15, -0.1) is 0 Å². The fraction of sp³-hybridized carbons (Fsp3) is 0.115. The van der Waals surface area contributed by atoms with E-state index >= 15 is 0 Å². The minimum absolute atomic E-state index is 0.0373. The van der Waals surface area contributed by atoms with E-state index in [-0.39, 0.29) is 11.4 Å². The van der Waals surface area contributed by atoms with Crippen molar-refractivity contribution in [3.05, 3.63) is 102 Å². The predicted molar refractivity (Wildman–Crippen MR) is 130 cm³/mol. The number of aryl methyl sites for hydroxylation is 1. The Labute approximate surface area is 199 Å². The highest BCUT2D eigenvalue weighted by Gasteiger charge is 2.31. The van der Waals surface area contributed by atoms with E-state index in [9.17, 15) is 18.0 Å². The van der Waals surface area contributed by atoms with E-state index in [1.54, 1.807) is 24.3 Å². The quantitative estimate of drug-likeness (QED) is 0.175. The number of rotatable bonds is 6. The average molecular weight is 480 g/mol. The topological polar surface area (TPSA) is 45.6 Å². The average Bonchev–Trinajstić information content (AvgIpc) is 2.83. The van der Waals surface area contributed by atoms with Crippen molar-refractivity contribution < 1.29 is 18.0 Å². The second-order valence-electron chi connectivity index (χ2n) is 7.49. The molecule has 0 aliphatic heterocycles. The van der Waals surface area contributed by atoms with E-state index in [2.05, 4.69) is 10.1 Å². The second kappa shape index (κ2) is 10.1. The molecule has 0 spiro atoms. The molecule has 0 N–H and O–H groups in total. The number of para-hydroxylation sites is 1. The lowest BCUT2D eigenvalue weighted by molar-refractivity contribution is -0.137. The molecule has 0 saturated carbocycles. The van der Waals surface area contributed by atoms with Crippen LogP contribution in [0.1, 0.15) is 16.7 Å². The van der Waals surface area contributed by atoms with Crippen LogP contribution in [0, 0.1) is 6.92 Å². The summed E-state index contributed by atoms with van der Waals surface area (Å²) in [7, 11) is 0. The van der Waals surface area contributed by atoms with Crippen molar-refractivity contribution in [2.24, 2.45) is 5.10 Å². The molecule has 0 saturated heterocycles. The summed E-state index contributed by atoms with van der Waals surface area (Å²) in [6.45, 7) is 1.97. The Bertz CT molecular complexity index is 1340. The lowest BCUT2D eigenvalue weighted by Crippen LogP contribution is -2.27. The molecule has 1 heterocycles. The van der Waals surface area contributed by atoms with Gasteiger partial charge in [-0.3, -0.25) is 4.79 Å². The molecule has 172 valence electrons. The molecule has 34 heavy (non-hydrogen) atoms. The molecule has 0 fully saturated rings. The van der Waals surface area contributed by atoms with Gasteiger partial charge in [0.05, 0.1) is 33.8 Å². The fourth-order valence-corrected chi connectivity index (χ4v) is 4.16. The molecule has 4 aromatic rings. The van der Waals surface area contributed by atoms with Crippen molar-refractivity contribution >= 4 is 40.5 Å². The first-order valence-corrected chi connectivity index (χ1v) is 11.4. The van der Waals surface area contributed by atoms with Crippen molar-refractivity contribution in [2.75, 3.05) is 10.8 Å². The normalized spacial score (nSPS) is 11.8. The van der Waals surface area contributed by atoms with Crippen LogP contribution in [-0.4, -0.2) is 22.9 Å². The number of nitrogens with zero attached hydrogens (tertiary/aromatic N) is 3. The van der Waals surface area contributed by atoms with Crippen LogP contribution in [0.15, 0.2) is 95.1 Å². The zero-order valence-electron chi connectivity index (χ0n) is 18.2. The van der Waals surface area contributed by atoms with Crippen molar-refractivity contribution in [3.8, 4) is 0 Å². The van der Waals surface area contributed by atoms with Crippen molar-refractivity contribution in [3.63, 3.8) is 0 Å². The third kappa shape index (κ3) is 5.63. The van der Waals surface area contributed by atoms with Gasteiger partial charge in [0.25, 0.3) is 5.91 Å². The highest BCUT2D eigenvalue weighted by atomic mass is 32.2. The van der Waals surface area contributed by atoms with Gasteiger partial charge >= 0.3 is 6.18 Å². The number of carbonyl (C=O) groups excluding carboxylic acids is 1. The van der Waals surface area contributed by atoms with Gasteiger partial charge in [0.1, 0.15) is 0 Å². The summed E-state index contributed by atoms with van der Waals surface area (Å²) < 4.78 is 39.8. The first-order chi connectivity index (χ1) is 16.3. The fourth-order valence-electron chi connectivity index (χ4n) is 3.34. The van der Waals surface area contributed by atoms with Crippen LogP contribution in [0.25, 0.3) is 10.9 Å². The number of pyridine rings is 1. The van der Waals surface area contributed by atoms with Gasteiger partial charge in [-0.1, -0.05) is 66.4 Å². The molecule has 0 aliphatic rings. The van der Waals surface area contributed by atoms with Crippen LogP contribution in [0.5, 0.6) is 0 Å². The van der Waals surface area contributed by atoms with Crippen molar-refractivity contribution in [2.45, 2.75) is 18.1 Å². The lowest BCUT2D eigenvalue weighted by atomic mass is 10.1. The molecule has 0 unspecified atom stereocenters. The second-order valence-corrected chi connectivity index (χ2v) is 8.49. The van der Waals surface area contributed by atoms with Crippen molar-refractivity contribution in [1.82, 2.24) is 4.98 Å². The lowest BCUT2D eigenvalue weighted by Gasteiger charge is -2.18. The molecule has 4 rings (SSSR count). The number of carbonyl (C=O) groups is 1. The van der Waals surface area contributed by atoms with Crippen LogP contribution >= 0.6 is 11.8 Å². The molecule has 1 amide bonds. The first kappa shape index (κ1) is 23.5. The highest BCUT2D eigenvalue weighted by molar-refractivity contribution is 7.99. The molecule has 3 aromatic carbocycles. The third-order valence-corrected chi connectivity index (χ3v) is 5.92. The number of hydrogen-bond donors (Lipinski definition) is 0. The summed E-state index contributed by atoms with van der Waals surface area (Å²) in [6, 6.07) is 23.2. The molecule has 4 nitrogen and oxygen atoms in total. The third-order valence-electron chi connectivity index (χ3n) is 5.02. The largest absolute Gasteiger partial charge is 0.416 e. The smallest absolute Gasteiger partial charge is 0.272 e. The first-order valence-electron chi connectivity index (χ1n) is 10.4. The van der Waals surface area contributed by atoms with Gasteiger partial charge in [-0.2, -0.15) is 18.3 Å². The van der Waals surface area contributed by atoms with Crippen LogP contribution in [0.2, 0.25) is 0 Å². The summed E-state index contributed by atoms with van der Waals surface area (Å²) >= 11 is 1.21. The maximum absolute atomic E-state index is 13.3. The minimum atomic E-state index is -4.53. The van der Waals surface area contributed by atoms with E-state index in [0.717, 1.165) is 33.6 Å². The minimum Gasteiger partial charge on any atom is -0.272 e. The van der Waals surface area contributed by atoms with E-state index in [1.165, 1.54) is 30.1 Å². The number of benzene rings is 3. The molecule has 8 heteroatoms. The number of thioether (sulfide) groups is 1. The molecule has 0 bridgehead atoms. The van der Waals surface area contributed by atoms with Crippen LogP contribution in [0.4, 0.5) is 18.9 Å². The summed E-state index contributed by atoms with van der Waals surface area (Å²) in [5, 5.41) is 6.91. The van der Waals surface area contributed by atoms with Gasteiger partial charge in [0, 0.05) is 5.39 Å². The monoisotopic (exact) mass is 479 g/mol. The van der Waals surface area contributed by atoms with Crippen LogP contribution in [-0.2, 0) is 11.0 Å². The Hall–Kier alpha value is -3.65. The zero-order chi connectivity index (χ0) is 24.1. The molecule has 0 atom stereocenters. The molecule has 1 aromatic heterocycles. The number of amides is 1. The standard InChI is InChI=1S/C26H20F3N3OS/c1-18-14-24(31-23-13-6-5-12-22(18)23)34-17-25(33)32(30-16-19-8-3-2-4-9-19)21-11-7-10-20(15-21)26(27,28)29/h2-16H,17H2,1H3. The predicted octanol–water partition coefficient (Wildman–Crippen LogP) is 6.72. The van der Waals surface area contributed by atoms with Gasteiger partial charge in [-0.05, 0) is 48.4 Å². The number of fused-ring (bicyclic) bond motifs is 1. The summed E-state index contributed by atoms with van der Waals surface area (Å²) in [6.07, 6.45) is -3.09. The Morgan fingerprint density at radius 3 is 2.50 bits per heavy atom. The Balaban J connectivity index is 1.61. The van der Waals surface area contributed by atoms with E-state index < -0.39 is 17.6 Å². The van der Waals surface area contributed by atoms with E-state index in [4.69, 9.17) is 0 Å². The van der Waals surface area contributed by atoms with Gasteiger partial charge in [0.2, 0.25) is 0 Å². The molecule has 0 aliphatic carbocycles. The Morgan fingerprint density at radius 1 is 1.00 bits per heavy atom. The number of alkyl halides is 3. The van der Waals surface area contributed by atoms with E-state index in [1.807, 2.05) is 43.3 Å². The summed E-state index contributed by atoms with van der Waals surface area (Å²) in [4.78, 5) is 17.7. The van der Waals surface area contributed by atoms with Gasteiger partial charge in [0.15, 0.2) is 0 Å². The Kier molecular flexibility index (Phi) is 6.98. The molecular weight excluding hydrogens is 459 g/mol. The highest BCUT2D eigenvalue weighted by Crippen LogP contribution is 2.32. The number of halogens is 3. The van der Waals surface area contributed by atoms with Gasteiger partial charge < -0.3 is 0 Å². The maximum atomic E-state index is 13.3. The van der Waals surface area contributed by atoms with Crippen molar-refractivity contribution in [1.29, 1.82) is 0 Å².